The highest BCUT2D eigenvalue weighted by Crippen LogP contribution is 2.18. The summed E-state index contributed by atoms with van der Waals surface area (Å²) in [5.41, 5.74) is 0.585. The van der Waals surface area contributed by atoms with Crippen LogP contribution in [0.5, 0.6) is 5.75 Å². The Hall–Kier alpha value is -2.02. The molecular weight excluding hydrogens is 204 g/mol. The number of carbonyl (C=O) groups is 1. The fraction of sp³-hybridized carbons (Fsp3) is 0.333. The summed E-state index contributed by atoms with van der Waals surface area (Å²) in [7, 11) is 1.77. The van der Waals surface area contributed by atoms with Gasteiger partial charge in [0.1, 0.15) is 5.75 Å². The standard InChI is InChI=1S/C12H12N2O2/c1-14-7-6-11(12(14)15)16-10-4-2-9(8-13)3-5-10/h2-5,11H,6-7H2,1H3. The Bertz CT molecular complexity index is 433. The lowest BCUT2D eigenvalue weighted by Gasteiger charge is -2.12. The van der Waals surface area contributed by atoms with Gasteiger partial charge in [0.15, 0.2) is 6.10 Å². The van der Waals surface area contributed by atoms with Crippen molar-refractivity contribution in [1.29, 1.82) is 5.26 Å². The van der Waals surface area contributed by atoms with Gasteiger partial charge >= 0.3 is 0 Å². The lowest BCUT2D eigenvalue weighted by atomic mass is 10.2. The first-order valence-corrected chi connectivity index (χ1v) is 5.12. The molecule has 1 unspecified atom stereocenters. The van der Waals surface area contributed by atoms with Crippen LogP contribution in [0.1, 0.15) is 12.0 Å². The molecule has 0 spiro atoms. The number of nitrogens with zero attached hydrogens (tertiary/aromatic N) is 2. The number of likely N-dealkylation sites (tertiary alicyclic amines) is 1. The Morgan fingerprint density at radius 1 is 1.44 bits per heavy atom. The van der Waals surface area contributed by atoms with E-state index in [1.54, 1.807) is 36.2 Å². The number of carbonyl (C=O) groups excluding carboxylic acids is 1. The number of rotatable bonds is 2. The second-order valence-electron chi connectivity index (χ2n) is 3.79. The summed E-state index contributed by atoms with van der Waals surface area (Å²) >= 11 is 0. The number of ether oxygens (including phenoxy) is 1. The van der Waals surface area contributed by atoms with E-state index in [4.69, 9.17) is 10.00 Å². The summed E-state index contributed by atoms with van der Waals surface area (Å²) in [6, 6.07) is 8.82. The molecule has 16 heavy (non-hydrogen) atoms. The molecule has 1 aliphatic heterocycles. The summed E-state index contributed by atoms with van der Waals surface area (Å²) in [6.45, 7) is 0.736. The van der Waals surface area contributed by atoms with Gasteiger partial charge in [-0.1, -0.05) is 0 Å². The van der Waals surface area contributed by atoms with Crippen LogP contribution in [0.25, 0.3) is 0 Å². The van der Waals surface area contributed by atoms with Crippen LogP contribution >= 0.6 is 0 Å². The molecule has 2 rings (SSSR count). The van der Waals surface area contributed by atoms with E-state index in [-0.39, 0.29) is 12.0 Å². The van der Waals surface area contributed by atoms with Crippen LogP contribution in [0.15, 0.2) is 24.3 Å². The van der Waals surface area contributed by atoms with Crippen molar-refractivity contribution in [1.82, 2.24) is 4.90 Å². The smallest absolute Gasteiger partial charge is 0.263 e. The van der Waals surface area contributed by atoms with Crippen LogP contribution in [-0.4, -0.2) is 30.5 Å². The topological polar surface area (TPSA) is 53.3 Å². The minimum atomic E-state index is -0.377. The van der Waals surface area contributed by atoms with Gasteiger partial charge in [-0.25, -0.2) is 0 Å². The lowest BCUT2D eigenvalue weighted by molar-refractivity contribution is -0.132. The highest BCUT2D eigenvalue weighted by Gasteiger charge is 2.30. The maximum absolute atomic E-state index is 11.6. The zero-order valence-corrected chi connectivity index (χ0v) is 9.01. The molecule has 0 N–H and O–H groups in total. The largest absolute Gasteiger partial charge is 0.481 e. The Morgan fingerprint density at radius 2 is 2.12 bits per heavy atom. The van der Waals surface area contributed by atoms with Gasteiger partial charge in [-0.15, -0.1) is 0 Å². The predicted octanol–water partition coefficient (Wildman–Crippen LogP) is 1.17. The van der Waals surface area contributed by atoms with Gasteiger partial charge < -0.3 is 9.64 Å². The molecule has 4 nitrogen and oxygen atoms in total. The van der Waals surface area contributed by atoms with Gasteiger partial charge in [0.2, 0.25) is 0 Å². The van der Waals surface area contributed by atoms with E-state index in [2.05, 4.69) is 0 Å². The van der Waals surface area contributed by atoms with Crippen molar-refractivity contribution in [3.05, 3.63) is 29.8 Å². The van der Waals surface area contributed by atoms with E-state index >= 15 is 0 Å². The molecule has 1 aromatic rings. The van der Waals surface area contributed by atoms with Crippen LogP contribution < -0.4 is 4.74 Å². The van der Waals surface area contributed by atoms with E-state index in [1.807, 2.05) is 6.07 Å². The van der Waals surface area contributed by atoms with Gasteiger partial charge in [-0.2, -0.15) is 5.26 Å². The third-order valence-electron chi connectivity index (χ3n) is 2.64. The average molecular weight is 216 g/mol. The van der Waals surface area contributed by atoms with Crippen LogP contribution in [0.2, 0.25) is 0 Å². The Kier molecular flexibility index (Phi) is 2.78. The van der Waals surface area contributed by atoms with Crippen molar-refractivity contribution in [2.75, 3.05) is 13.6 Å². The minimum absolute atomic E-state index is 0.0179. The summed E-state index contributed by atoms with van der Waals surface area (Å²) in [6.07, 6.45) is 0.341. The molecule has 0 aromatic heterocycles. The maximum Gasteiger partial charge on any atom is 0.263 e. The highest BCUT2D eigenvalue weighted by molar-refractivity contribution is 5.83. The van der Waals surface area contributed by atoms with Crippen molar-refractivity contribution in [3.63, 3.8) is 0 Å². The SMILES string of the molecule is CN1CCC(Oc2ccc(C#N)cc2)C1=O. The summed E-state index contributed by atoms with van der Waals surface area (Å²) < 4.78 is 5.56. The quantitative estimate of drug-likeness (QED) is 0.745. The Balaban J connectivity index is 2.05. The van der Waals surface area contributed by atoms with Gasteiger partial charge in [-0.05, 0) is 24.3 Å². The molecular formula is C12H12N2O2. The molecule has 4 heteroatoms. The molecule has 1 amide bonds. The number of amides is 1. The van der Waals surface area contributed by atoms with Crippen molar-refractivity contribution in [2.45, 2.75) is 12.5 Å². The molecule has 1 heterocycles. The first-order chi connectivity index (χ1) is 7.70. The predicted molar refractivity (Wildman–Crippen MR) is 57.8 cm³/mol. The summed E-state index contributed by atoms with van der Waals surface area (Å²) in [5, 5.41) is 8.64. The zero-order chi connectivity index (χ0) is 11.5. The van der Waals surface area contributed by atoms with Crippen molar-refractivity contribution >= 4 is 5.91 Å². The number of benzene rings is 1. The molecule has 1 aliphatic rings. The van der Waals surface area contributed by atoms with E-state index in [0.717, 1.165) is 13.0 Å². The zero-order valence-electron chi connectivity index (χ0n) is 9.01. The third-order valence-corrected chi connectivity index (χ3v) is 2.64. The molecule has 0 radical (unpaired) electrons. The third kappa shape index (κ3) is 1.98. The van der Waals surface area contributed by atoms with Crippen molar-refractivity contribution in [2.24, 2.45) is 0 Å². The normalized spacial score (nSPS) is 19.6. The minimum Gasteiger partial charge on any atom is -0.481 e. The second-order valence-corrected chi connectivity index (χ2v) is 3.79. The van der Waals surface area contributed by atoms with E-state index in [1.165, 1.54) is 0 Å². The molecule has 0 bridgehead atoms. The molecule has 1 atom stereocenters. The monoisotopic (exact) mass is 216 g/mol. The Labute approximate surface area is 94.0 Å². The molecule has 0 saturated carbocycles. The number of nitriles is 1. The fourth-order valence-electron chi connectivity index (χ4n) is 1.67. The van der Waals surface area contributed by atoms with Crippen molar-refractivity contribution < 1.29 is 9.53 Å². The average Bonchev–Trinajstić information content (AvgIpc) is 2.62. The number of hydrogen-bond acceptors (Lipinski definition) is 3. The van der Waals surface area contributed by atoms with Gasteiger partial charge in [-0.3, -0.25) is 4.79 Å². The first kappa shape index (κ1) is 10.5. The van der Waals surface area contributed by atoms with Crippen LogP contribution in [-0.2, 0) is 4.79 Å². The van der Waals surface area contributed by atoms with Crippen molar-refractivity contribution in [3.8, 4) is 11.8 Å². The lowest BCUT2D eigenvalue weighted by Crippen LogP contribution is -2.29. The van der Waals surface area contributed by atoms with Crippen LogP contribution in [0, 0.1) is 11.3 Å². The highest BCUT2D eigenvalue weighted by atomic mass is 16.5. The molecule has 1 aromatic carbocycles. The van der Waals surface area contributed by atoms with Gasteiger partial charge in [0.25, 0.3) is 5.91 Å². The van der Waals surface area contributed by atoms with Crippen LogP contribution in [0.3, 0.4) is 0 Å². The van der Waals surface area contributed by atoms with E-state index < -0.39 is 0 Å². The van der Waals surface area contributed by atoms with E-state index in [0.29, 0.717) is 11.3 Å². The van der Waals surface area contributed by atoms with Crippen LogP contribution in [0.4, 0.5) is 0 Å². The first-order valence-electron chi connectivity index (χ1n) is 5.12. The second kappa shape index (κ2) is 4.23. The maximum atomic E-state index is 11.6. The molecule has 82 valence electrons. The summed E-state index contributed by atoms with van der Waals surface area (Å²) in [5.74, 6) is 0.650. The van der Waals surface area contributed by atoms with Gasteiger partial charge in [0.05, 0.1) is 11.6 Å². The molecule has 1 saturated heterocycles. The molecule has 1 fully saturated rings. The van der Waals surface area contributed by atoms with E-state index in [9.17, 15) is 4.79 Å². The number of likely N-dealkylation sites (N-methyl/N-ethyl adjacent to an activating group) is 1. The molecule has 0 aliphatic carbocycles. The summed E-state index contributed by atoms with van der Waals surface area (Å²) in [4.78, 5) is 13.2. The fourth-order valence-corrected chi connectivity index (χ4v) is 1.67. The van der Waals surface area contributed by atoms with Gasteiger partial charge in [0, 0.05) is 20.0 Å². The Morgan fingerprint density at radius 3 is 2.62 bits per heavy atom. The number of hydrogen-bond donors (Lipinski definition) is 0.